The van der Waals surface area contributed by atoms with E-state index in [1.54, 1.807) is 11.3 Å². The van der Waals surface area contributed by atoms with E-state index in [0.29, 0.717) is 12.2 Å². The number of rotatable bonds is 6. The van der Waals surface area contributed by atoms with Crippen LogP contribution < -0.4 is 5.32 Å². The zero-order valence-electron chi connectivity index (χ0n) is 16.8. The van der Waals surface area contributed by atoms with Crippen molar-refractivity contribution in [3.05, 3.63) is 87.6 Å². The highest BCUT2D eigenvalue weighted by atomic mass is 127. The van der Waals surface area contributed by atoms with Crippen LogP contribution in [0, 0.1) is 2.88 Å². The lowest BCUT2D eigenvalue weighted by molar-refractivity contribution is -0.137. The highest BCUT2D eigenvalue weighted by Crippen LogP contribution is 2.43. The van der Waals surface area contributed by atoms with E-state index in [4.69, 9.17) is 0 Å². The molecule has 2 heterocycles. The van der Waals surface area contributed by atoms with Gasteiger partial charge in [0.05, 0.1) is 8.27 Å². The molecule has 7 heteroatoms. The van der Waals surface area contributed by atoms with Crippen LogP contribution in [0.3, 0.4) is 0 Å². The first kappa shape index (κ1) is 20.8. The van der Waals surface area contributed by atoms with Gasteiger partial charge in [0, 0.05) is 12.0 Å². The number of thiophene rings is 1. The summed E-state index contributed by atoms with van der Waals surface area (Å²) < 4.78 is 1.09. The molecule has 0 spiro atoms. The van der Waals surface area contributed by atoms with Gasteiger partial charge in [-0.15, -0.1) is 11.3 Å². The Labute approximate surface area is 202 Å². The number of anilines is 1. The Balaban J connectivity index is 1.64. The van der Waals surface area contributed by atoms with Gasteiger partial charge in [0.15, 0.2) is 0 Å². The summed E-state index contributed by atoms with van der Waals surface area (Å²) in [5.74, 6) is -0.377. The molecule has 5 nitrogen and oxygen atoms in total. The normalized spacial score (nSPS) is 12.2. The number of aliphatic carboxylic acids is 1. The second-order valence-electron chi connectivity index (χ2n) is 7.40. The number of carboxylic acid groups (broad SMARTS) is 1. The topological polar surface area (TPSA) is 75.1 Å². The fourth-order valence-electron chi connectivity index (χ4n) is 3.91. The number of nitrogens with one attached hydrogen (secondary N) is 1. The number of hydrogen-bond donors (Lipinski definition) is 2. The summed E-state index contributed by atoms with van der Waals surface area (Å²) in [5, 5.41) is 16.2. The molecule has 0 aliphatic rings. The molecular weight excluding hydrogens is 533 g/mol. The van der Waals surface area contributed by atoms with Gasteiger partial charge in [-0.2, -0.15) is 0 Å². The smallest absolute Gasteiger partial charge is 0.326 e. The molecule has 1 unspecified atom stereocenters. The van der Waals surface area contributed by atoms with Crippen molar-refractivity contribution in [1.29, 1.82) is 0 Å². The Morgan fingerprint density at radius 3 is 2.56 bits per heavy atom. The lowest BCUT2D eigenvalue weighted by Crippen LogP contribution is -2.32. The number of aromatic nitrogens is 2. The minimum atomic E-state index is -0.919. The van der Waals surface area contributed by atoms with Gasteiger partial charge < -0.3 is 10.4 Å². The molecule has 158 valence electrons. The number of benzene rings is 3. The van der Waals surface area contributed by atoms with Crippen molar-refractivity contribution >= 4 is 66.7 Å². The van der Waals surface area contributed by atoms with E-state index in [9.17, 15) is 9.90 Å². The molecular formula is C25H18IN3O2S. The highest BCUT2D eigenvalue weighted by Gasteiger charge is 2.23. The largest absolute Gasteiger partial charge is 0.480 e. The first-order valence-corrected chi connectivity index (χ1v) is 12.0. The van der Waals surface area contributed by atoms with Gasteiger partial charge in [-0.3, -0.25) is 0 Å². The van der Waals surface area contributed by atoms with Crippen LogP contribution in [-0.4, -0.2) is 27.1 Å². The van der Waals surface area contributed by atoms with Crippen molar-refractivity contribution in [1.82, 2.24) is 9.97 Å². The number of nitrogens with zero attached hydrogens (tertiary/aromatic N) is 2. The summed E-state index contributed by atoms with van der Waals surface area (Å²) >= 11 is 3.92. The summed E-state index contributed by atoms with van der Waals surface area (Å²) in [4.78, 5) is 21.9. The molecule has 2 N–H and O–H groups in total. The van der Waals surface area contributed by atoms with Crippen LogP contribution in [0.5, 0.6) is 0 Å². The highest BCUT2D eigenvalue weighted by molar-refractivity contribution is 14.1. The standard InChI is InChI=1S/C25H18IN3O2S/c26-22-20(18-12-6-10-16-9-4-5-11-17(16)18)21-23(27-14-28-24(21)32-22)29-19(25(30)31)13-15-7-2-1-3-8-15/h1-12,14,19H,13H2,(H,30,31)(H,27,28,29). The number of halogens is 1. The van der Waals surface area contributed by atoms with E-state index in [0.717, 1.165) is 40.6 Å². The van der Waals surface area contributed by atoms with Crippen LogP contribution in [0.4, 0.5) is 5.82 Å². The van der Waals surface area contributed by atoms with Crippen LogP contribution in [0.1, 0.15) is 5.56 Å². The van der Waals surface area contributed by atoms with Crippen LogP contribution in [0.15, 0.2) is 79.1 Å². The Morgan fingerprint density at radius 2 is 1.75 bits per heavy atom. The summed E-state index contributed by atoms with van der Waals surface area (Å²) in [6.07, 6.45) is 1.85. The predicted octanol–water partition coefficient (Wildman–Crippen LogP) is 6.22. The van der Waals surface area contributed by atoms with Crippen molar-refractivity contribution in [3.63, 3.8) is 0 Å². The van der Waals surface area contributed by atoms with Crippen LogP contribution in [0.25, 0.3) is 32.1 Å². The molecule has 0 radical (unpaired) electrons. The first-order chi connectivity index (χ1) is 15.6. The zero-order chi connectivity index (χ0) is 22.1. The van der Waals surface area contributed by atoms with E-state index in [1.165, 1.54) is 6.33 Å². The summed E-state index contributed by atoms with van der Waals surface area (Å²) in [7, 11) is 0. The van der Waals surface area contributed by atoms with E-state index >= 15 is 0 Å². The van der Waals surface area contributed by atoms with Gasteiger partial charge in [0.1, 0.15) is 23.0 Å². The monoisotopic (exact) mass is 551 g/mol. The Hall–Kier alpha value is -3.04. The third-order valence-corrected chi connectivity index (χ3v) is 7.48. The van der Waals surface area contributed by atoms with Gasteiger partial charge in [0.2, 0.25) is 0 Å². The third-order valence-electron chi connectivity index (χ3n) is 5.40. The molecule has 0 saturated carbocycles. The molecule has 5 aromatic rings. The third kappa shape index (κ3) is 3.93. The molecule has 32 heavy (non-hydrogen) atoms. The minimum absolute atomic E-state index is 0.354. The van der Waals surface area contributed by atoms with Crippen molar-refractivity contribution in [3.8, 4) is 11.1 Å². The molecule has 3 aromatic carbocycles. The van der Waals surface area contributed by atoms with Gasteiger partial charge >= 0.3 is 5.97 Å². The average molecular weight is 551 g/mol. The maximum atomic E-state index is 12.1. The summed E-state index contributed by atoms with van der Waals surface area (Å²) in [6, 6.07) is 23.3. The maximum Gasteiger partial charge on any atom is 0.326 e. The maximum absolute atomic E-state index is 12.1. The lowest BCUT2D eigenvalue weighted by Gasteiger charge is -2.16. The number of fused-ring (bicyclic) bond motifs is 2. The molecule has 0 saturated heterocycles. The Bertz CT molecular complexity index is 1430. The first-order valence-electron chi connectivity index (χ1n) is 10.1. The van der Waals surface area contributed by atoms with E-state index < -0.39 is 12.0 Å². The fraction of sp³-hybridized carbons (Fsp3) is 0.0800. The molecule has 0 amide bonds. The van der Waals surface area contributed by atoms with Crippen molar-refractivity contribution in [2.24, 2.45) is 0 Å². The van der Waals surface area contributed by atoms with Gasteiger partial charge in [0.25, 0.3) is 0 Å². The quantitative estimate of drug-likeness (QED) is 0.245. The van der Waals surface area contributed by atoms with Crippen LogP contribution >= 0.6 is 33.9 Å². The molecule has 2 aromatic heterocycles. The fourth-order valence-corrected chi connectivity index (χ4v) is 5.99. The second kappa shape index (κ2) is 8.84. The van der Waals surface area contributed by atoms with Gasteiger partial charge in [-0.05, 0) is 44.5 Å². The molecule has 0 aliphatic heterocycles. The van der Waals surface area contributed by atoms with E-state index in [2.05, 4.69) is 62.1 Å². The SMILES string of the molecule is O=C(O)C(Cc1ccccc1)Nc1ncnc2sc(I)c(-c3cccc4ccccc34)c12. The average Bonchev–Trinajstić information content (AvgIpc) is 3.15. The number of hydrogen-bond acceptors (Lipinski definition) is 5. The van der Waals surface area contributed by atoms with Gasteiger partial charge in [-0.25, -0.2) is 14.8 Å². The Morgan fingerprint density at radius 1 is 1.00 bits per heavy atom. The summed E-state index contributed by atoms with van der Waals surface area (Å²) in [5.41, 5.74) is 3.08. The van der Waals surface area contributed by atoms with Crippen molar-refractivity contribution < 1.29 is 9.90 Å². The summed E-state index contributed by atoms with van der Waals surface area (Å²) in [6.45, 7) is 0. The van der Waals surface area contributed by atoms with E-state index in [1.807, 2.05) is 48.5 Å². The van der Waals surface area contributed by atoms with Crippen LogP contribution in [0.2, 0.25) is 0 Å². The van der Waals surface area contributed by atoms with Crippen LogP contribution in [-0.2, 0) is 11.2 Å². The second-order valence-corrected chi connectivity index (χ2v) is 10.2. The molecule has 0 aliphatic carbocycles. The number of carbonyl (C=O) groups is 1. The van der Waals surface area contributed by atoms with Crippen molar-refractivity contribution in [2.75, 3.05) is 5.32 Å². The molecule has 5 rings (SSSR count). The number of carboxylic acids is 1. The minimum Gasteiger partial charge on any atom is -0.480 e. The zero-order valence-corrected chi connectivity index (χ0v) is 19.8. The Kier molecular flexibility index (Phi) is 5.75. The van der Waals surface area contributed by atoms with Gasteiger partial charge in [-0.1, -0.05) is 72.8 Å². The predicted molar refractivity (Wildman–Crippen MR) is 138 cm³/mol. The van der Waals surface area contributed by atoms with E-state index in [-0.39, 0.29) is 0 Å². The lowest BCUT2D eigenvalue weighted by atomic mass is 9.98. The molecule has 1 atom stereocenters. The van der Waals surface area contributed by atoms with Crippen molar-refractivity contribution in [2.45, 2.75) is 12.5 Å². The molecule has 0 fully saturated rings. The molecule has 0 bridgehead atoms.